The Morgan fingerprint density at radius 1 is 0.938 bits per heavy atom. The van der Waals surface area contributed by atoms with Crippen LogP contribution in [-0.2, 0) is 0 Å². The third kappa shape index (κ3) is 3.68. The Hall–Kier alpha value is -2.82. The maximum atomic E-state index is 10.8. The molecule has 1 N–H and O–H groups in total. The Balaban J connectivity index is 1.10. The summed E-state index contributed by atoms with van der Waals surface area (Å²) in [4.78, 5) is 2.55. The molecule has 0 aliphatic carbocycles. The zero-order valence-corrected chi connectivity index (χ0v) is 18.2. The molecule has 0 radical (unpaired) electrons. The summed E-state index contributed by atoms with van der Waals surface area (Å²) >= 11 is 0. The first-order valence-corrected chi connectivity index (χ1v) is 11.8. The molecule has 4 aromatic rings. The van der Waals surface area contributed by atoms with Gasteiger partial charge in [0, 0.05) is 18.6 Å². The standard InChI is InChI=1S/C28H29NO3/c30-25(18-32-28-7-3-6-27-26(28)12-13-31-27)17-29-23-10-11-24(29)16-22(15-23)21-9-8-19-4-1-2-5-20(19)14-21/h1-9,12-14,22-25,30H,10-11,15-18H2/t22?,23?,24?,25-/m0/s1. The number of hydrogen-bond acceptors (Lipinski definition) is 4. The van der Waals surface area contributed by atoms with Crippen molar-refractivity contribution in [3.05, 3.63) is 78.6 Å². The van der Waals surface area contributed by atoms with Crippen molar-refractivity contribution in [2.75, 3.05) is 13.2 Å². The average Bonchev–Trinajstić information content (AvgIpc) is 3.38. The van der Waals surface area contributed by atoms with Crippen LogP contribution in [0.15, 0.2) is 77.4 Å². The Bertz CT molecular complexity index is 1220. The lowest BCUT2D eigenvalue weighted by molar-refractivity contribution is 0.0321. The Labute approximate surface area is 188 Å². The van der Waals surface area contributed by atoms with Crippen LogP contribution in [-0.4, -0.2) is 41.3 Å². The molecule has 2 aliphatic heterocycles. The highest BCUT2D eigenvalue weighted by Gasteiger charge is 2.41. The molecule has 2 fully saturated rings. The molecule has 2 bridgehead atoms. The van der Waals surface area contributed by atoms with Crippen molar-refractivity contribution in [3.63, 3.8) is 0 Å². The van der Waals surface area contributed by atoms with E-state index >= 15 is 0 Å². The highest BCUT2D eigenvalue weighted by Crippen LogP contribution is 2.43. The molecule has 0 amide bonds. The summed E-state index contributed by atoms with van der Waals surface area (Å²) in [5.74, 6) is 1.38. The Kier molecular flexibility index (Phi) is 5.12. The van der Waals surface area contributed by atoms with Gasteiger partial charge in [-0.25, -0.2) is 0 Å². The van der Waals surface area contributed by atoms with Crippen molar-refractivity contribution in [3.8, 4) is 5.75 Å². The summed E-state index contributed by atoms with van der Waals surface area (Å²) in [7, 11) is 0. The van der Waals surface area contributed by atoms with Crippen LogP contribution < -0.4 is 4.74 Å². The first-order valence-electron chi connectivity index (χ1n) is 11.8. The quantitative estimate of drug-likeness (QED) is 0.426. The van der Waals surface area contributed by atoms with Gasteiger partial charge in [-0.15, -0.1) is 0 Å². The van der Waals surface area contributed by atoms with E-state index in [1.165, 1.54) is 42.0 Å². The molecular formula is C28H29NO3. The lowest BCUT2D eigenvalue weighted by Crippen LogP contribution is -2.47. The van der Waals surface area contributed by atoms with Crippen molar-refractivity contribution in [1.29, 1.82) is 0 Å². The number of rotatable bonds is 6. The lowest BCUT2D eigenvalue weighted by Gasteiger charge is -2.40. The number of ether oxygens (including phenoxy) is 1. The maximum absolute atomic E-state index is 10.8. The molecule has 3 atom stereocenters. The van der Waals surface area contributed by atoms with E-state index in [9.17, 15) is 5.11 Å². The molecule has 2 aliphatic rings. The van der Waals surface area contributed by atoms with Crippen LogP contribution in [0.4, 0.5) is 0 Å². The van der Waals surface area contributed by atoms with Crippen LogP contribution in [0, 0.1) is 0 Å². The van der Waals surface area contributed by atoms with E-state index in [-0.39, 0.29) is 0 Å². The average molecular weight is 428 g/mol. The second-order valence-corrected chi connectivity index (χ2v) is 9.41. The zero-order valence-electron chi connectivity index (χ0n) is 18.2. The van der Waals surface area contributed by atoms with Gasteiger partial charge in [-0.3, -0.25) is 4.90 Å². The maximum Gasteiger partial charge on any atom is 0.137 e. The largest absolute Gasteiger partial charge is 0.490 e. The van der Waals surface area contributed by atoms with Crippen LogP contribution in [0.3, 0.4) is 0 Å². The van der Waals surface area contributed by atoms with Crippen molar-refractivity contribution >= 4 is 21.7 Å². The topological polar surface area (TPSA) is 45.8 Å². The minimum atomic E-state index is -0.502. The number of piperidine rings is 1. The summed E-state index contributed by atoms with van der Waals surface area (Å²) in [6.07, 6.45) is 5.99. The minimum absolute atomic E-state index is 0.300. The van der Waals surface area contributed by atoms with E-state index in [0.29, 0.717) is 31.2 Å². The molecule has 1 aromatic heterocycles. The van der Waals surface area contributed by atoms with Gasteiger partial charge in [-0.1, -0.05) is 48.5 Å². The smallest absolute Gasteiger partial charge is 0.137 e. The van der Waals surface area contributed by atoms with E-state index in [4.69, 9.17) is 9.15 Å². The lowest BCUT2D eigenvalue weighted by atomic mass is 9.84. The van der Waals surface area contributed by atoms with Gasteiger partial charge in [-0.05, 0) is 66.1 Å². The van der Waals surface area contributed by atoms with Gasteiger partial charge in [0.05, 0.1) is 11.6 Å². The molecule has 164 valence electrons. The van der Waals surface area contributed by atoms with E-state index in [2.05, 4.69) is 47.4 Å². The van der Waals surface area contributed by atoms with Crippen molar-refractivity contribution in [2.45, 2.75) is 49.8 Å². The van der Waals surface area contributed by atoms with E-state index < -0.39 is 6.10 Å². The summed E-state index contributed by atoms with van der Waals surface area (Å²) in [5, 5.41) is 14.4. The fourth-order valence-electron chi connectivity index (χ4n) is 5.88. The molecular weight excluding hydrogens is 398 g/mol. The predicted octanol–water partition coefficient (Wildman–Crippen LogP) is 5.74. The Morgan fingerprint density at radius 2 is 1.75 bits per heavy atom. The van der Waals surface area contributed by atoms with Gasteiger partial charge in [-0.2, -0.15) is 0 Å². The number of aliphatic hydroxyl groups is 1. The van der Waals surface area contributed by atoms with Crippen LogP contribution in [0.2, 0.25) is 0 Å². The molecule has 4 nitrogen and oxygen atoms in total. The molecule has 0 saturated carbocycles. The SMILES string of the molecule is O[C@H](COc1cccc2occc12)CN1C2CCC1CC(c1ccc3ccccc3c1)C2. The van der Waals surface area contributed by atoms with Crippen LogP contribution in [0.25, 0.3) is 21.7 Å². The number of nitrogens with zero attached hydrogens (tertiary/aromatic N) is 1. The molecule has 32 heavy (non-hydrogen) atoms. The molecule has 3 heterocycles. The predicted molar refractivity (Wildman–Crippen MR) is 127 cm³/mol. The number of furan rings is 1. The van der Waals surface area contributed by atoms with Gasteiger partial charge in [0.2, 0.25) is 0 Å². The fraction of sp³-hybridized carbons (Fsp3) is 0.357. The van der Waals surface area contributed by atoms with Gasteiger partial charge >= 0.3 is 0 Å². The van der Waals surface area contributed by atoms with Crippen molar-refractivity contribution in [2.24, 2.45) is 0 Å². The Morgan fingerprint density at radius 3 is 2.59 bits per heavy atom. The zero-order chi connectivity index (χ0) is 21.5. The van der Waals surface area contributed by atoms with E-state index in [0.717, 1.165) is 16.7 Å². The second kappa shape index (κ2) is 8.27. The number of hydrogen-bond donors (Lipinski definition) is 1. The van der Waals surface area contributed by atoms with E-state index in [1.807, 2.05) is 24.3 Å². The van der Waals surface area contributed by atoms with Gasteiger partial charge < -0.3 is 14.3 Å². The molecule has 2 unspecified atom stereocenters. The molecule has 0 spiro atoms. The first-order chi connectivity index (χ1) is 15.7. The number of fused-ring (bicyclic) bond motifs is 4. The van der Waals surface area contributed by atoms with Gasteiger partial charge in [0.15, 0.2) is 0 Å². The fourth-order valence-corrected chi connectivity index (χ4v) is 5.88. The third-order valence-corrected chi connectivity index (χ3v) is 7.44. The normalized spacial score (nSPS) is 24.2. The molecule has 4 heteroatoms. The summed E-state index contributed by atoms with van der Waals surface area (Å²) in [6.45, 7) is 0.982. The van der Waals surface area contributed by atoms with Gasteiger partial charge in [0.25, 0.3) is 0 Å². The second-order valence-electron chi connectivity index (χ2n) is 9.41. The van der Waals surface area contributed by atoms with Gasteiger partial charge in [0.1, 0.15) is 24.0 Å². The monoisotopic (exact) mass is 427 g/mol. The third-order valence-electron chi connectivity index (χ3n) is 7.44. The van der Waals surface area contributed by atoms with Crippen LogP contribution in [0.1, 0.15) is 37.2 Å². The first kappa shape index (κ1) is 19.8. The number of benzene rings is 3. The number of aliphatic hydroxyl groups excluding tert-OH is 1. The van der Waals surface area contributed by atoms with Crippen LogP contribution >= 0.6 is 0 Å². The highest BCUT2D eigenvalue weighted by molar-refractivity contribution is 5.84. The minimum Gasteiger partial charge on any atom is -0.490 e. The summed E-state index contributed by atoms with van der Waals surface area (Å²) in [5.41, 5.74) is 2.28. The molecule has 6 rings (SSSR count). The van der Waals surface area contributed by atoms with Crippen molar-refractivity contribution in [1.82, 2.24) is 4.90 Å². The van der Waals surface area contributed by atoms with E-state index in [1.54, 1.807) is 6.26 Å². The van der Waals surface area contributed by atoms with Crippen LogP contribution in [0.5, 0.6) is 5.75 Å². The van der Waals surface area contributed by atoms with Crippen molar-refractivity contribution < 1.29 is 14.3 Å². The summed E-state index contributed by atoms with van der Waals surface area (Å²) in [6, 6.07) is 24.4. The molecule has 3 aromatic carbocycles. The highest BCUT2D eigenvalue weighted by atomic mass is 16.5. The molecule has 2 saturated heterocycles. The summed E-state index contributed by atoms with van der Waals surface area (Å²) < 4.78 is 11.4.